The number of furan rings is 2. The highest BCUT2D eigenvalue weighted by atomic mass is 16.3. The molecule has 6 nitrogen and oxygen atoms in total. The number of hydrogen-bond acceptors (Lipinski definition) is 4. The Morgan fingerprint density at radius 2 is 0.875 bits per heavy atom. The van der Waals surface area contributed by atoms with Crippen molar-refractivity contribution < 1.29 is 18.4 Å². The van der Waals surface area contributed by atoms with Gasteiger partial charge in [0.1, 0.15) is 22.3 Å². The molecule has 0 unspecified atom stereocenters. The van der Waals surface area contributed by atoms with Crippen molar-refractivity contribution in [1.29, 1.82) is 0 Å². The number of carbonyl (C=O) groups excluding carboxylic acids is 2. The first-order chi connectivity index (χ1) is 19.6. The van der Waals surface area contributed by atoms with Crippen molar-refractivity contribution in [3.8, 4) is 0 Å². The summed E-state index contributed by atoms with van der Waals surface area (Å²) in [7, 11) is 0. The number of carbonyl (C=O) groups is 2. The second kappa shape index (κ2) is 11.7. The van der Waals surface area contributed by atoms with E-state index in [0.717, 1.165) is 93.8 Å². The number of rotatable bonds is 11. The van der Waals surface area contributed by atoms with Gasteiger partial charge in [0.15, 0.2) is 0 Å². The van der Waals surface area contributed by atoms with E-state index in [9.17, 15) is 9.59 Å². The van der Waals surface area contributed by atoms with Crippen LogP contribution >= 0.6 is 0 Å². The van der Waals surface area contributed by atoms with Gasteiger partial charge in [-0.05, 0) is 49.2 Å². The first-order valence-electron chi connectivity index (χ1n) is 14.1. The fraction of sp³-hybridized carbons (Fsp3) is 0.235. The summed E-state index contributed by atoms with van der Waals surface area (Å²) in [6, 6.07) is 27.5. The highest BCUT2D eigenvalue weighted by Crippen LogP contribution is 2.31. The Morgan fingerprint density at radius 1 is 0.475 bits per heavy atom. The zero-order valence-electron chi connectivity index (χ0n) is 22.4. The molecule has 6 heteroatoms. The van der Waals surface area contributed by atoms with Crippen LogP contribution < -0.4 is 10.6 Å². The number of amides is 2. The van der Waals surface area contributed by atoms with Crippen LogP contribution in [0.5, 0.6) is 0 Å². The van der Waals surface area contributed by atoms with Crippen LogP contribution in [-0.2, 0) is 9.59 Å². The van der Waals surface area contributed by atoms with Crippen LogP contribution in [0.1, 0.15) is 51.4 Å². The fourth-order valence-electron chi connectivity index (χ4n) is 5.33. The smallest absolute Gasteiger partial charge is 0.224 e. The predicted octanol–water partition coefficient (Wildman–Crippen LogP) is 9.18. The van der Waals surface area contributed by atoms with Crippen molar-refractivity contribution in [2.45, 2.75) is 51.4 Å². The zero-order valence-corrected chi connectivity index (χ0v) is 22.4. The fourth-order valence-corrected chi connectivity index (χ4v) is 5.33. The second-order valence-corrected chi connectivity index (χ2v) is 10.3. The Labute approximate surface area is 232 Å². The number of fused-ring (bicyclic) bond motifs is 6. The van der Waals surface area contributed by atoms with E-state index in [2.05, 4.69) is 10.6 Å². The molecule has 0 radical (unpaired) electrons. The number of hydrogen-bond donors (Lipinski definition) is 2. The van der Waals surface area contributed by atoms with Crippen LogP contribution in [0.25, 0.3) is 43.9 Å². The number of anilines is 2. The third-order valence-corrected chi connectivity index (χ3v) is 7.38. The van der Waals surface area contributed by atoms with Crippen LogP contribution in [0.15, 0.2) is 93.8 Å². The lowest BCUT2D eigenvalue weighted by Crippen LogP contribution is -2.11. The molecule has 202 valence electrons. The highest BCUT2D eigenvalue weighted by molar-refractivity contribution is 6.07. The minimum atomic E-state index is 0.0213. The number of para-hydroxylation sites is 2. The van der Waals surface area contributed by atoms with Crippen molar-refractivity contribution in [1.82, 2.24) is 0 Å². The molecule has 6 rings (SSSR count). The van der Waals surface area contributed by atoms with Crippen molar-refractivity contribution in [3.05, 3.63) is 84.9 Å². The van der Waals surface area contributed by atoms with Crippen LogP contribution in [0, 0.1) is 0 Å². The third-order valence-electron chi connectivity index (χ3n) is 7.38. The summed E-state index contributed by atoms with van der Waals surface area (Å²) < 4.78 is 11.8. The topological polar surface area (TPSA) is 84.5 Å². The number of benzene rings is 4. The molecule has 0 aliphatic carbocycles. The van der Waals surface area contributed by atoms with Gasteiger partial charge in [-0.1, -0.05) is 62.1 Å². The molecule has 2 amide bonds. The normalized spacial score (nSPS) is 11.5. The zero-order chi connectivity index (χ0) is 27.3. The van der Waals surface area contributed by atoms with Gasteiger partial charge in [0.25, 0.3) is 0 Å². The molecule has 0 saturated heterocycles. The minimum absolute atomic E-state index is 0.0213. The van der Waals surface area contributed by atoms with Gasteiger partial charge in [0.05, 0.1) is 0 Å². The highest BCUT2D eigenvalue weighted by Gasteiger charge is 2.10. The molecule has 2 heterocycles. The summed E-state index contributed by atoms with van der Waals surface area (Å²) in [5, 5.41) is 10.2. The lowest BCUT2D eigenvalue weighted by molar-refractivity contribution is -0.117. The van der Waals surface area contributed by atoms with E-state index in [4.69, 9.17) is 8.83 Å². The Kier molecular flexibility index (Phi) is 7.49. The Bertz CT molecular complexity index is 1680. The lowest BCUT2D eigenvalue weighted by atomic mass is 10.1. The maximum atomic E-state index is 12.4. The van der Waals surface area contributed by atoms with E-state index in [1.165, 1.54) is 0 Å². The van der Waals surface area contributed by atoms with E-state index in [-0.39, 0.29) is 11.8 Å². The molecule has 6 aromatic rings. The molecule has 2 N–H and O–H groups in total. The summed E-state index contributed by atoms with van der Waals surface area (Å²) in [5.41, 5.74) is 4.77. The van der Waals surface area contributed by atoms with Crippen LogP contribution in [0.3, 0.4) is 0 Å². The molecule has 2 aromatic heterocycles. The van der Waals surface area contributed by atoms with E-state index >= 15 is 0 Å². The van der Waals surface area contributed by atoms with E-state index < -0.39 is 0 Å². The molecule has 0 bridgehead atoms. The van der Waals surface area contributed by atoms with Crippen molar-refractivity contribution >= 4 is 67.1 Å². The minimum Gasteiger partial charge on any atom is -0.456 e. The average molecular weight is 533 g/mol. The molecule has 0 spiro atoms. The second-order valence-electron chi connectivity index (χ2n) is 10.3. The molecular formula is C34H32N2O4. The molecular weight excluding hydrogens is 500 g/mol. The maximum absolute atomic E-state index is 12.4. The van der Waals surface area contributed by atoms with Crippen LogP contribution in [0.4, 0.5) is 11.4 Å². The summed E-state index contributed by atoms with van der Waals surface area (Å²) in [4.78, 5) is 24.8. The molecule has 0 atom stereocenters. The van der Waals surface area contributed by atoms with Crippen molar-refractivity contribution in [2.75, 3.05) is 10.6 Å². The summed E-state index contributed by atoms with van der Waals surface area (Å²) >= 11 is 0. The van der Waals surface area contributed by atoms with Gasteiger partial charge in [0.2, 0.25) is 11.8 Å². The molecule has 40 heavy (non-hydrogen) atoms. The Morgan fingerprint density at radius 3 is 1.35 bits per heavy atom. The first-order valence-corrected chi connectivity index (χ1v) is 14.1. The van der Waals surface area contributed by atoms with Crippen molar-refractivity contribution in [3.63, 3.8) is 0 Å². The molecule has 0 aliphatic heterocycles. The monoisotopic (exact) mass is 532 g/mol. The molecule has 0 fully saturated rings. The first kappa shape index (κ1) is 25.7. The Hall–Kier alpha value is -4.58. The largest absolute Gasteiger partial charge is 0.456 e. The summed E-state index contributed by atoms with van der Waals surface area (Å²) in [5.74, 6) is 0.0425. The van der Waals surface area contributed by atoms with Gasteiger partial charge < -0.3 is 19.5 Å². The molecule has 4 aromatic carbocycles. The van der Waals surface area contributed by atoms with Crippen LogP contribution in [-0.4, -0.2) is 11.8 Å². The van der Waals surface area contributed by atoms with Gasteiger partial charge >= 0.3 is 0 Å². The quantitative estimate of drug-likeness (QED) is 0.163. The SMILES string of the molecule is O=C(CCCCCCCCC(=O)Nc1ccc2c(c1)oc1ccccc12)Nc1ccc2c(c1)oc1ccccc12. The lowest BCUT2D eigenvalue weighted by Gasteiger charge is -2.06. The summed E-state index contributed by atoms with van der Waals surface area (Å²) in [6.45, 7) is 0. The average Bonchev–Trinajstić information content (AvgIpc) is 3.51. The summed E-state index contributed by atoms with van der Waals surface area (Å²) in [6.07, 6.45) is 6.81. The Balaban J connectivity index is 0.862. The predicted molar refractivity (Wildman–Crippen MR) is 162 cm³/mol. The number of nitrogens with one attached hydrogen (secondary N) is 2. The maximum Gasteiger partial charge on any atom is 0.224 e. The number of unbranched alkanes of at least 4 members (excludes halogenated alkanes) is 5. The van der Waals surface area contributed by atoms with Crippen LogP contribution in [0.2, 0.25) is 0 Å². The van der Waals surface area contributed by atoms with Crippen molar-refractivity contribution in [2.24, 2.45) is 0 Å². The van der Waals surface area contributed by atoms with Gasteiger partial charge in [-0.3, -0.25) is 9.59 Å². The third kappa shape index (κ3) is 5.71. The van der Waals surface area contributed by atoms with Gasteiger partial charge in [0, 0.05) is 57.9 Å². The van der Waals surface area contributed by atoms with Gasteiger partial charge in [-0.2, -0.15) is 0 Å². The van der Waals surface area contributed by atoms with E-state index in [1.54, 1.807) is 0 Å². The van der Waals surface area contributed by atoms with E-state index in [0.29, 0.717) is 12.8 Å². The van der Waals surface area contributed by atoms with Gasteiger partial charge in [-0.25, -0.2) is 0 Å². The molecule has 0 saturated carbocycles. The standard InChI is InChI=1S/C34H32N2O4/c37-33(35-23-17-19-27-25-11-7-9-13-29(25)39-31(27)21-23)15-5-3-1-2-4-6-16-34(38)36-24-18-20-28-26-12-8-10-14-30(26)40-32(28)22-24/h7-14,17-22H,1-6,15-16H2,(H,35,37)(H,36,38). The molecule has 0 aliphatic rings. The van der Waals surface area contributed by atoms with Gasteiger partial charge in [-0.15, -0.1) is 0 Å². The van der Waals surface area contributed by atoms with E-state index in [1.807, 2.05) is 84.9 Å².